The van der Waals surface area contributed by atoms with E-state index in [2.05, 4.69) is 11.6 Å². The minimum Gasteiger partial charge on any atom is -0.449 e. The van der Waals surface area contributed by atoms with Crippen molar-refractivity contribution < 1.29 is 22.7 Å². The van der Waals surface area contributed by atoms with Crippen molar-refractivity contribution in [3.63, 3.8) is 0 Å². The number of hydrogen-bond acceptors (Lipinski definition) is 5. The van der Waals surface area contributed by atoms with Crippen molar-refractivity contribution in [2.24, 2.45) is 5.92 Å². The van der Waals surface area contributed by atoms with Crippen molar-refractivity contribution in [1.29, 1.82) is 0 Å². The maximum atomic E-state index is 12.7. The van der Waals surface area contributed by atoms with E-state index in [1.54, 1.807) is 45.6 Å². The minimum atomic E-state index is -3.79. The van der Waals surface area contributed by atoms with E-state index in [1.807, 2.05) is 0 Å². The number of sulfonamides is 1. The molecule has 1 N–H and O–H groups in total. The number of carbonyl (C=O) groups is 2. The fourth-order valence-corrected chi connectivity index (χ4v) is 4.65. The lowest BCUT2D eigenvalue weighted by molar-refractivity contribution is -0.141. The maximum Gasteiger partial charge on any atom is 0.339 e. The van der Waals surface area contributed by atoms with Crippen LogP contribution >= 0.6 is 0 Å². The number of likely N-dealkylation sites (tertiary alicyclic amines) is 1. The van der Waals surface area contributed by atoms with Gasteiger partial charge in [-0.25, -0.2) is 17.9 Å². The molecule has 0 saturated carbocycles. The number of aryl methyl sites for hydroxylation is 1. The van der Waals surface area contributed by atoms with Gasteiger partial charge in [0, 0.05) is 18.6 Å². The summed E-state index contributed by atoms with van der Waals surface area (Å²) >= 11 is 0. The van der Waals surface area contributed by atoms with Crippen molar-refractivity contribution in [2.75, 3.05) is 13.1 Å². The second-order valence-electron chi connectivity index (χ2n) is 8.89. The first kappa shape index (κ1) is 23.3. The number of carbonyl (C=O) groups excluding carboxylic acids is 2. The predicted molar refractivity (Wildman–Crippen MR) is 111 cm³/mol. The molecule has 0 aliphatic carbocycles. The van der Waals surface area contributed by atoms with Gasteiger partial charge >= 0.3 is 5.97 Å². The molecule has 29 heavy (non-hydrogen) atoms. The van der Waals surface area contributed by atoms with Crippen molar-refractivity contribution in [1.82, 2.24) is 9.62 Å². The first-order chi connectivity index (χ1) is 13.3. The predicted octanol–water partition coefficient (Wildman–Crippen LogP) is 2.88. The van der Waals surface area contributed by atoms with E-state index in [-0.39, 0.29) is 16.4 Å². The Morgan fingerprint density at radius 2 is 1.79 bits per heavy atom. The lowest BCUT2D eigenvalue weighted by atomic mass is 9.99. The first-order valence-corrected chi connectivity index (χ1v) is 11.4. The van der Waals surface area contributed by atoms with Gasteiger partial charge in [0.2, 0.25) is 10.0 Å². The summed E-state index contributed by atoms with van der Waals surface area (Å²) in [5.41, 5.74) is 0.0573. The van der Waals surface area contributed by atoms with Gasteiger partial charge in [0.05, 0.1) is 10.5 Å². The Hall–Kier alpha value is -1.93. The number of esters is 1. The van der Waals surface area contributed by atoms with Crippen molar-refractivity contribution in [3.8, 4) is 0 Å². The zero-order valence-electron chi connectivity index (χ0n) is 18.1. The van der Waals surface area contributed by atoms with Gasteiger partial charge in [-0.15, -0.1) is 0 Å². The average Bonchev–Trinajstić information content (AvgIpc) is 2.59. The highest BCUT2D eigenvalue weighted by atomic mass is 32.2. The number of nitrogens with one attached hydrogen (secondary N) is 1. The summed E-state index contributed by atoms with van der Waals surface area (Å²) in [5, 5.41) is 0. The minimum absolute atomic E-state index is 0.0195. The van der Waals surface area contributed by atoms with Crippen LogP contribution in [0.5, 0.6) is 0 Å². The molecule has 7 nitrogen and oxygen atoms in total. The topological polar surface area (TPSA) is 92.8 Å². The third-order valence-corrected chi connectivity index (χ3v) is 6.66. The summed E-state index contributed by atoms with van der Waals surface area (Å²) in [4.78, 5) is 27.0. The Morgan fingerprint density at radius 1 is 1.21 bits per heavy atom. The van der Waals surface area contributed by atoms with Gasteiger partial charge in [0.25, 0.3) is 5.91 Å². The second-order valence-corrected chi connectivity index (χ2v) is 10.6. The summed E-state index contributed by atoms with van der Waals surface area (Å²) in [5.74, 6) is -0.339. The number of benzene rings is 1. The molecule has 1 fully saturated rings. The van der Waals surface area contributed by atoms with Crippen LogP contribution in [-0.4, -0.2) is 49.9 Å². The number of piperidine rings is 1. The van der Waals surface area contributed by atoms with E-state index >= 15 is 0 Å². The highest BCUT2D eigenvalue weighted by Gasteiger charge is 2.28. The lowest BCUT2D eigenvalue weighted by Gasteiger charge is -2.32. The Morgan fingerprint density at radius 3 is 2.34 bits per heavy atom. The van der Waals surface area contributed by atoms with Crippen LogP contribution in [-0.2, 0) is 19.6 Å². The van der Waals surface area contributed by atoms with Crippen LogP contribution in [0.4, 0.5) is 0 Å². The van der Waals surface area contributed by atoms with Crippen molar-refractivity contribution in [2.45, 2.75) is 70.9 Å². The molecular formula is C21H32N2O5S. The smallest absolute Gasteiger partial charge is 0.339 e. The third kappa shape index (κ3) is 6.27. The van der Waals surface area contributed by atoms with Crippen LogP contribution in [0.2, 0.25) is 0 Å². The molecular weight excluding hydrogens is 392 g/mol. The molecule has 0 aromatic heterocycles. The SMILES string of the molecule is Cc1ccc(S(=O)(=O)NC(C)(C)C)cc1C(=O)OC(C)C(=O)N1CCC(C)CC1. The molecule has 2 rings (SSSR count). The summed E-state index contributed by atoms with van der Waals surface area (Å²) in [7, 11) is -3.79. The zero-order valence-corrected chi connectivity index (χ0v) is 18.9. The first-order valence-electron chi connectivity index (χ1n) is 9.94. The molecule has 8 heteroatoms. The quantitative estimate of drug-likeness (QED) is 0.734. The van der Waals surface area contributed by atoms with Gasteiger partial charge in [-0.2, -0.15) is 0 Å². The molecule has 1 aliphatic heterocycles. The van der Waals surface area contributed by atoms with Crippen LogP contribution in [0.15, 0.2) is 23.1 Å². The van der Waals surface area contributed by atoms with Crippen LogP contribution < -0.4 is 4.72 Å². The molecule has 1 amide bonds. The molecule has 0 bridgehead atoms. The average molecular weight is 425 g/mol. The summed E-state index contributed by atoms with van der Waals surface area (Å²) in [6, 6.07) is 4.31. The van der Waals surface area contributed by atoms with Crippen molar-refractivity contribution in [3.05, 3.63) is 29.3 Å². The van der Waals surface area contributed by atoms with Crippen LogP contribution in [0.1, 0.15) is 63.4 Å². The van der Waals surface area contributed by atoms with Crippen LogP contribution in [0.25, 0.3) is 0 Å². The van der Waals surface area contributed by atoms with E-state index in [4.69, 9.17) is 4.74 Å². The molecule has 1 saturated heterocycles. The number of hydrogen-bond donors (Lipinski definition) is 1. The fourth-order valence-electron chi connectivity index (χ4n) is 3.21. The highest BCUT2D eigenvalue weighted by Crippen LogP contribution is 2.20. The molecule has 1 atom stereocenters. The Balaban J connectivity index is 2.15. The summed E-state index contributed by atoms with van der Waals surface area (Å²) < 4.78 is 33.1. The van der Waals surface area contributed by atoms with E-state index in [0.29, 0.717) is 24.6 Å². The number of ether oxygens (including phenoxy) is 1. The van der Waals surface area contributed by atoms with Crippen LogP contribution in [0.3, 0.4) is 0 Å². The molecule has 0 spiro atoms. The van der Waals surface area contributed by atoms with E-state index in [0.717, 1.165) is 12.8 Å². The Bertz CT molecular complexity index is 866. The Labute approximate surface area is 173 Å². The second kappa shape index (κ2) is 8.83. The molecule has 1 aromatic rings. The normalized spacial score (nSPS) is 17.1. The summed E-state index contributed by atoms with van der Waals surface area (Å²) in [6.45, 7) is 11.9. The van der Waals surface area contributed by atoms with Gasteiger partial charge in [-0.1, -0.05) is 13.0 Å². The van der Waals surface area contributed by atoms with Gasteiger partial charge in [-0.05, 0) is 71.1 Å². The van der Waals surface area contributed by atoms with Gasteiger partial charge < -0.3 is 9.64 Å². The molecule has 162 valence electrons. The fraction of sp³-hybridized carbons (Fsp3) is 0.619. The maximum absolute atomic E-state index is 12.7. The third-order valence-electron chi connectivity index (χ3n) is 4.91. The van der Waals surface area contributed by atoms with E-state index in [9.17, 15) is 18.0 Å². The van der Waals surface area contributed by atoms with E-state index in [1.165, 1.54) is 12.1 Å². The van der Waals surface area contributed by atoms with Gasteiger partial charge in [0.15, 0.2) is 6.10 Å². The zero-order chi connectivity index (χ0) is 22.0. The molecule has 1 aliphatic rings. The summed E-state index contributed by atoms with van der Waals surface area (Å²) in [6.07, 6.45) is 0.946. The van der Waals surface area contributed by atoms with Gasteiger partial charge in [0.1, 0.15) is 0 Å². The molecule has 1 unspecified atom stereocenters. The number of amides is 1. The van der Waals surface area contributed by atoms with Gasteiger partial charge in [-0.3, -0.25) is 4.79 Å². The largest absolute Gasteiger partial charge is 0.449 e. The van der Waals surface area contributed by atoms with Crippen LogP contribution in [0, 0.1) is 12.8 Å². The monoisotopic (exact) mass is 424 g/mol. The van der Waals surface area contributed by atoms with Crippen molar-refractivity contribution >= 4 is 21.9 Å². The van der Waals surface area contributed by atoms with E-state index < -0.39 is 27.6 Å². The molecule has 1 heterocycles. The lowest BCUT2D eigenvalue weighted by Crippen LogP contribution is -2.44. The molecule has 1 aromatic carbocycles. The number of nitrogens with zero attached hydrogens (tertiary/aromatic N) is 1. The highest BCUT2D eigenvalue weighted by molar-refractivity contribution is 7.89. The Kier molecular flexibility index (Phi) is 7.11. The standard InChI is InChI=1S/C21H32N2O5S/c1-14-9-11-23(12-10-14)19(24)16(3)28-20(25)18-13-17(8-7-15(18)2)29(26,27)22-21(4,5)6/h7-8,13-14,16,22H,9-12H2,1-6H3. The number of rotatable bonds is 5. The molecule has 0 radical (unpaired) electrons.